The summed E-state index contributed by atoms with van der Waals surface area (Å²) in [6.07, 6.45) is 1.39. The Bertz CT molecular complexity index is 1290. The highest BCUT2D eigenvalue weighted by Crippen LogP contribution is 2.33. The lowest BCUT2D eigenvalue weighted by Gasteiger charge is -2.10. The summed E-state index contributed by atoms with van der Waals surface area (Å²) in [4.78, 5) is 42.9. The Balaban J connectivity index is 1.50. The number of aromatic nitrogens is 2. The number of hydrogen-bond acceptors (Lipinski definition) is 7. The highest BCUT2D eigenvalue weighted by atomic mass is 32.1. The fourth-order valence-electron chi connectivity index (χ4n) is 2.93. The van der Waals surface area contributed by atoms with Gasteiger partial charge in [-0.15, -0.1) is 22.7 Å². The number of nitrogens with one attached hydrogen (secondary N) is 2. The maximum atomic E-state index is 13.0. The highest BCUT2D eigenvalue weighted by molar-refractivity contribution is 7.18. The maximum Gasteiger partial charge on any atom is 0.263 e. The molecule has 3 heterocycles. The number of hydrogen-bond donors (Lipinski definition) is 2. The van der Waals surface area contributed by atoms with Gasteiger partial charge < -0.3 is 15.4 Å². The average molecular weight is 455 g/mol. The van der Waals surface area contributed by atoms with Gasteiger partial charge in [0.05, 0.1) is 11.7 Å². The predicted molar refractivity (Wildman–Crippen MR) is 122 cm³/mol. The SMILES string of the molecule is CNC(=O)COc1cccc(NC(=O)Cn2cnc3scc(-c4cccs4)c3c2=O)c1. The number of anilines is 1. The van der Waals surface area contributed by atoms with Crippen LogP contribution in [0.5, 0.6) is 5.75 Å². The first-order chi connectivity index (χ1) is 15.0. The topological polar surface area (TPSA) is 102 Å². The Morgan fingerprint density at radius 3 is 2.81 bits per heavy atom. The van der Waals surface area contributed by atoms with Crippen molar-refractivity contribution in [2.24, 2.45) is 0 Å². The Morgan fingerprint density at radius 1 is 1.16 bits per heavy atom. The molecule has 0 aliphatic rings. The molecule has 158 valence electrons. The van der Waals surface area contributed by atoms with Crippen LogP contribution in [0, 0.1) is 0 Å². The van der Waals surface area contributed by atoms with E-state index < -0.39 is 0 Å². The third-order valence-corrected chi connectivity index (χ3v) is 6.22. The molecule has 3 aromatic heterocycles. The van der Waals surface area contributed by atoms with Crippen molar-refractivity contribution in [1.29, 1.82) is 0 Å². The fourth-order valence-corrected chi connectivity index (χ4v) is 4.65. The standard InChI is InChI=1S/C21H18N4O4S2/c1-22-18(27)10-29-14-5-2-4-13(8-14)24-17(26)9-25-12-23-20-19(21(25)28)15(11-31-20)16-6-3-7-30-16/h2-8,11-12H,9-10H2,1H3,(H,22,27)(H,24,26). The molecule has 4 aromatic rings. The third kappa shape index (κ3) is 4.65. The van der Waals surface area contributed by atoms with Crippen molar-refractivity contribution < 1.29 is 14.3 Å². The zero-order valence-electron chi connectivity index (χ0n) is 16.5. The van der Waals surface area contributed by atoms with E-state index in [4.69, 9.17) is 4.74 Å². The van der Waals surface area contributed by atoms with Crippen LogP contribution in [0.1, 0.15) is 0 Å². The number of nitrogens with zero attached hydrogens (tertiary/aromatic N) is 2. The van der Waals surface area contributed by atoms with Crippen molar-refractivity contribution in [3.8, 4) is 16.2 Å². The molecule has 0 spiro atoms. The first-order valence-electron chi connectivity index (χ1n) is 9.29. The van der Waals surface area contributed by atoms with E-state index in [2.05, 4.69) is 15.6 Å². The molecule has 0 radical (unpaired) electrons. The summed E-state index contributed by atoms with van der Waals surface area (Å²) in [5, 5.41) is 9.60. The van der Waals surface area contributed by atoms with Crippen LogP contribution >= 0.6 is 22.7 Å². The van der Waals surface area contributed by atoms with E-state index in [0.717, 1.165) is 10.4 Å². The lowest BCUT2D eigenvalue weighted by molar-refractivity contribution is -0.122. The summed E-state index contributed by atoms with van der Waals surface area (Å²) in [7, 11) is 1.52. The lowest BCUT2D eigenvalue weighted by atomic mass is 10.2. The normalized spacial score (nSPS) is 10.7. The molecule has 31 heavy (non-hydrogen) atoms. The monoisotopic (exact) mass is 454 g/mol. The average Bonchev–Trinajstić information content (AvgIpc) is 3.44. The predicted octanol–water partition coefficient (Wildman–Crippen LogP) is 2.95. The van der Waals surface area contributed by atoms with Gasteiger partial charge in [-0.1, -0.05) is 12.1 Å². The summed E-state index contributed by atoms with van der Waals surface area (Å²) >= 11 is 2.95. The number of rotatable bonds is 7. The van der Waals surface area contributed by atoms with Gasteiger partial charge in [0.25, 0.3) is 11.5 Å². The summed E-state index contributed by atoms with van der Waals surface area (Å²) in [5.74, 6) is -0.188. The van der Waals surface area contributed by atoms with Crippen molar-refractivity contribution in [3.05, 3.63) is 63.8 Å². The van der Waals surface area contributed by atoms with Crippen molar-refractivity contribution in [1.82, 2.24) is 14.9 Å². The van der Waals surface area contributed by atoms with E-state index in [1.54, 1.807) is 35.6 Å². The van der Waals surface area contributed by atoms with E-state index in [1.165, 1.54) is 29.3 Å². The number of fused-ring (bicyclic) bond motifs is 1. The molecule has 2 amide bonds. The van der Waals surface area contributed by atoms with Gasteiger partial charge in [0.15, 0.2) is 6.61 Å². The maximum absolute atomic E-state index is 13.0. The zero-order chi connectivity index (χ0) is 21.8. The summed E-state index contributed by atoms with van der Waals surface area (Å²) in [5.41, 5.74) is 1.08. The molecule has 0 fully saturated rings. The van der Waals surface area contributed by atoms with Gasteiger partial charge in [-0.2, -0.15) is 0 Å². The van der Waals surface area contributed by atoms with Gasteiger partial charge in [0, 0.05) is 34.6 Å². The van der Waals surface area contributed by atoms with Crippen LogP contribution in [0.3, 0.4) is 0 Å². The van der Waals surface area contributed by atoms with Crippen molar-refractivity contribution in [2.75, 3.05) is 19.0 Å². The Kier molecular flexibility index (Phi) is 6.10. The molecule has 2 N–H and O–H groups in total. The quantitative estimate of drug-likeness (QED) is 0.447. The molecule has 0 aliphatic carbocycles. The van der Waals surface area contributed by atoms with Gasteiger partial charge in [-0.05, 0) is 23.6 Å². The summed E-state index contributed by atoms with van der Waals surface area (Å²) in [6.45, 7) is -0.299. The smallest absolute Gasteiger partial charge is 0.263 e. The molecule has 0 atom stereocenters. The Morgan fingerprint density at radius 2 is 2.03 bits per heavy atom. The molecule has 0 bridgehead atoms. The van der Waals surface area contributed by atoms with E-state index >= 15 is 0 Å². The van der Waals surface area contributed by atoms with E-state index in [-0.39, 0.29) is 30.5 Å². The minimum Gasteiger partial charge on any atom is -0.484 e. The van der Waals surface area contributed by atoms with Crippen molar-refractivity contribution in [2.45, 2.75) is 6.54 Å². The minimum absolute atomic E-state index is 0.123. The molecule has 8 nitrogen and oxygen atoms in total. The molecule has 0 saturated carbocycles. The molecule has 0 unspecified atom stereocenters. The molecule has 0 saturated heterocycles. The summed E-state index contributed by atoms with van der Waals surface area (Å²) in [6, 6.07) is 10.6. The number of benzene rings is 1. The van der Waals surface area contributed by atoms with Crippen molar-refractivity contribution in [3.63, 3.8) is 0 Å². The van der Waals surface area contributed by atoms with Gasteiger partial charge in [0.1, 0.15) is 17.1 Å². The van der Waals surface area contributed by atoms with Crippen LogP contribution in [0.15, 0.2) is 58.3 Å². The number of carbonyl (C=O) groups excluding carboxylic acids is 2. The van der Waals surface area contributed by atoms with E-state index in [1.807, 2.05) is 22.9 Å². The van der Waals surface area contributed by atoms with Crippen molar-refractivity contribution >= 4 is 50.4 Å². The van der Waals surface area contributed by atoms with Crippen LogP contribution in [-0.2, 0) is 16.1 Å². The van der Waals surface area contributed by atoms with Crippen LogP contribution in [0.2, 0.25) is 0 Å². The van der Waals surface area contributed by atoms with Crippen LogP contribution in [-0.4, -0.2) is 35.0 Å². The molecule has 0 aliphatic heterocycles. The second kappa shape index (κ2) is 9.11. The van der Waals surface area contributed by atoms with Crippen LogP contribution < -0.4 is 20.9 Å². The molecular weight excluding hydrogens is 436 g/mol. The molecule has 4 rings (SSSR count). The second-order valence-corrected chi connectivity index (χ2v) is 8.33. The molecule has 1 aromatic carbocycles. The highest BCUT2D eigenvalue weighted by Gasteiger charge is 2.15. The number of amides is 2. The fraction of sp³-hybridized carbons (Fsp3) is 0.143. The largest absolute Gasteiger partial charge is 0.484 e. The Hall–Kier alpha value is -3.50. The number of thiophene rings is 2. The Labute approximate surface area is 185 Å². The first-order valence-corrected chi connectivity index (χ1v) is 11.0. The summed E-state index contributed by atoms with van der Waals surface area (Å²) < 4.78 is 6.68. The van der Waals surface area contributed by atoms with Gasteiger partial charge in [-0.25, -0.2) is 4.98 Å². The third-order valence-electron chi connectivity index (χ3n) is 4.43. The lowest BCUT2D eigenvalue weighted by Crippen LogP contribution is -2.27. The number of likely N-dealkylation sites (N-methyl/N-ethyl adjacent to an activating group) is 1. The first kappa shape index (κ1) is 20.8. The van der Waals surface area contributed by atoms with Gasteiger partial charge >= 0.3 is 0 Å². The van der Waals surface area contributed by atoms with Gasteiger partial charge in [-0.3, -0.25) is 19.0 Å². The minimum atomic E-state index is -0.375. The van der Waals surface area contributed by atoms with Gasteiger partial charge in [0.2, 0.25) is 5.91 Å². The van der Waals surface area contributed by atoms with E-state index in [0.29, 0.717) is 21.7 Å². The van der Waals surface area contributed by atoms with Crippen LogP contribution in [0.25, 0.3) is 20.7 Å². The molecule has 10 heteroatoms. The number of carbonyl (C=O) groups is 2. The molecular formula is C21H18N4O4S2. The zero-order valence-corrected chi connectivity index (χ0v) is 18.1. The second-order valence-electron chi connectivity index (χ2n) is 6.52. The van der Waals surface area contributed by atoms with E-state index in [9.17, 15) is 14.4 Å². The van der Waals surface area contributed by atoms with Crippen LogP contribution in [0.4, 0.5) is 5.69 Å². The number of ether oxygens (including phenoxy) is 1.